The van der Waals surface area contributed by atoms with Gasteiger partial charge >= 0.3 is 0 Å². The van der Waals surface area contributed by atoms with Crippen LogP contribution in [0.1, 0.15) is 108 Å². The Morgan fingerprint density at radius 3 is 1.94 bits per heavy atom. The maximum atomic E-state index is 9.74. The van der Waals surface area contributed by atoms with Crippen LogP contribution >= 0.6 is 0 Å². The summed E-state index contributed by atoms with van der Waals surface area (Å²) >= 11 is 0. The molecular weight excluding hydrogens is 432 g/mol. The molecule has 1 atom stereocenters. The minimum Gasteiger partial charge on any atom is -0.490 e. The summed E-state index contributed by atoms with van der Waals surface area (Å²) in [6, 6.07) is 16.7. The van der Waals surface area contributed by atoms with Gasteiger partial charge in [0, 0.05) is 0 Å². The molecule has 2 aromatic carbocycles. The van der Waals surface area contributed by atoms with E-state index < -0.39 is 0 Å². The van der Waals surface area contributed by atoms with Crippen molar-refractivity contribution in [3.8, 4) is 5.75 Å². The largest absolute Gasteiger partial charge is 0.490 e. The van der Waals surface area contributed by atoms with Crippen molar-refractivity contribution in [3.63, 3.8) is 0 Å². The summed E-state index contributed by atoms with van der Waals surface area (Å²) in [5, 5.41) is 9.74. The monoisotopic (exact) mass is 482 g/mol. The Kier molecular flexibility index (Phi) is 16.3. The van der Waals surface area contributed by atoms with Gasteiger partial charge in [-0.25, -0.2) is 0 Å². The number of unbranched alkanes of at least 4 members (excludes halogenated alkanes) is 11. The van der Waals surface area contributed by atoms with Gasteiger partial charge in [0.15, 0.2) is 0 Å². The normalized spacial score (nSPS) is 12.1. The highest BCUT2D eigenvalue weighted by Gasteiger charge is 2.12. The predicted molar refractivity (Wildman–Crippen MR) is 148 cm³/mol. The fourth-order valence-corrected chi connectivity index (χ4v) is 4.48. The van der Waals surface area contributed by atoms with E-state index >= 15 is 0 Å². The molecule has 0 saturated heterocycles. The summed E-state index contributed by atoms with van der Waals surface area (Å²) < 4.78 is 12.0. The molecule has 196 valence electrons. The molecule has 0 radical (unpaired) electrons. The van der Waals surface area contributed by atoms with Crippen LogP contribution in [0.15, 0.2) is 48.5 Å². The second kappa shape index (κ2) is 19.4. The Morgan fingerprint density at radius 1 is 0.714 bits per heavy atom. The van der Waals surface area contributed by atoms with Crippen LogP contribution in [0, 0.1) is 0 Å². The van der Waals surface area contributed by atoms with E-state index in [0.717, 1.165) is 24.2 Å². The molecule has 1 unspecified atom stereocenters. The fraction of sp³-hybridized carbons (Fsp3) is 0.625. The summed E-state index contributed by atoms with van der Waals surface area (Å²) in [7, 11) is 0. The van der Waals surface area contributed by atoms with Crippen molar-refractivity contribution < 1.29 is 14.6 Å². The van der Waals surface area contributed by atoms with Crippen LogP contribution in [0.4, 0.5) is 0 Å². The van der Waals surface area contributed by atoms with Crippen molar-refractivity contribution in [1.82, 2.24) is 0 Å². The zero-order valence-corrected chi connectivity index (χ0v) is 22.5. The van der Waals surface area contributed by atoms with Crippen molar-refractivity contribution >= 4 is 0 Å². The van der Waals surface area contributed by atoms with E-state index in [4.69, 9.17) is 9.47 Å². The Balaban J connectivity index is 1.64. The minimum absolute atomic E-state index is 0.0488. The molecule has 0 aromatic heterocycles. The number of rotatable bonds is 21. The first-order valence-corrected chi connectivity index (χ1v) is 14.3. The number of benzene rings is 2. The first-order chi connectivity index (χ1) is 17.3. The number of ether oxygens (including phenoxy) is 2. The van der Waals surface area contributed by atoms with Crippen molar-refractivity contribution in [3.05, 3.63) is 65.2 Å². The third kappa shape index (κ3) is 13.2. The molecule has 0 spiro atoms. The summed E-state index contributed by atoms with van der Waals surface area (Å²) in [6.45, 7) is 5.23. The standard InChI is InChI=1S/C32H50O3/c1-3-5-6-7-8-9-10-11-12-13-14-16-19-28-22-23-30(4-2)32(24-28)35-27-31(25-33)34-26-29-20-17-15-18-21-29/h15,17-18,20-24,31,33H,3-14,16,19,25-27H2,1-2H3. The van der Waals surface area contributed by atoms with E-state index in [1.54, 1.807) is 0 Å². The smallest absolute Gasteiger partial charge is 0.122 e. The maximum Gasteiger partial charge on any atom is 0.122 e. The van der Waals surface area contributed by atoms with E-state index in [-0.39, 0.29) is 12.7 Å². The topological polar surface area (TPSA) is 38.7 Å². The van der Waals surface area contributed by atoms with Crippen LogP contribution < -0.4 is 4.74 Å². The summed E-state index contributed by atoms with van der Waals surface area (Å²) in [6.07, 6.45) is 18.2. The van der Waals surface area contributed by atoms with Crippen LogP contribution in [-0.2, 0) is 24.2 Å². The molecule has 0 fully saturated rings. The summed E-state index contributed by atoms with van der Waals surface area (Å²) in [4.78, 5) is 0. The lowest BCUT2D eigenvalue weighted by Crippen LogP contribution is -2.25. The quantitative estimate of drug-likeness (QED) is 0.181. The van der Waals surface area contributed by atoms with Gasteiger partial charge < -0.3 is 14.6 Å². The fourth-order valence-electron chi connectivity index (χ4n) is 4.48. The first-order valence-electron chi connectivity index (χ1n) is 14.3. The van der Waals surface area contributed by atoms with E-state index in [1.165, 1.54) is 88.2 Å². The van der Waals surface area contributed by atoms with Gasteiger partial charge in [0.25, 0.3) is 0 Å². The van der Waals surface area contributed by atoms with Gasteiger partial charge in [0.05, 0.1) is 13.2 Å². The molecule has 0 saturated carbocycles. The molecule has 0 heterocycles. The van der Waals surface area contributed by atoms with Crippen LogP contribution in [-0.4, -0.2) is 24.4 Å². The van der Waals surface area contributed by atoms with Gasteiger partial charge in [-0.2, -0.15) is 0 Å². The van der Waals surface area contributed by atoms with Gasteiger partial charge in [-0.3, -0.25) is 0 Å². The molecule has 0 aliphatic heterocycles. The molecule has 3 heteroatoms. The Morgan fingerprint density at radius 2 is 1.34 bits per heavy atom. The van der Waals surface area contributed by atoms with E-state index in [9.17, 15) is 5.11 Å². The average molecular weight is 483 g/mol. The van der Waals surface area contributed by atoms with Crippen molar-refractivity contribution in [1.29, 1.82) is 0 Å². The van der Waals surface area contributed by atoms with Crippen LogP contribution in [0.25, 0.3) is 0 Å². The third-order valence-corrected chi connectivity index (χ3v) is 6.79. The molecule has 0 amide bonds. The van der Waals surface area contributed by atoms with Gasteiger partial charge in [0.2, 0.25) is 0 Å². The molecule has 3 nitrogen and oxygen atoms in total. The zero-order valence-electron chi connectivity index (χ0n) is 22.5. The Bertz CT molecular complexity index is 759. The van der Waals surface area contributed by atoms with Crippen LogP contribution in [0.3, 0.4) is 0 Å². The number of aliphatic hydroxyl groups excluding tert-OH is 1. The Labute approximate surface area is 215 Å². The van der Waals surface area contributed by atoms with Gasteiger partial charge in [0.1, 0.15) is 18.5 Å². The number of aryl methyl sites for hydroxylation is 2. The van der Waals surface area contributed by atoms with Crippen molar-refractivity contribution in [2.75, 3.05) is 13.2 Å². The maximum absolute atomic E-state index is 9.74. The highest BCUT2D eigenvalue weighted by molar-refractivity contribution is 5.37. The molecule has 2 aromatic rings. The zero-order chi connectivity index (χ0) is 25.0. The SMILES string of the molecule is CCCCCCCCCCCCCCc1ccc(CC)c(OCC(CO)OCc2ccccc2)c1. The Hall–Kier alpha value is -1.84. The van der Waals surface area contributed by atoms with Crippen molar-refractivity contribution in [2.24, 2.45) is 0 Å². The van der Waals surface area contributed by atoms with Gasteiger partial charge in [-0.05, 0) is 42.0 Å². The van der Waals surface area contributed by atoms with E-state index in [2.05, 4.69) is 32.0 Å². The minimum atomic E-state index is -0.333. The van der Waals surface area contributed by atoms with Crippen LogP contribution in [0.2, 0.25) is 0 Å². The summed E-state index contributed by atoms with van der Waals surface area (Å²) in [5.41, 5.74) is 3.66. The lowest BCUT2D eigenvalue weighted by atomic mass is 10.0. The highest BCUT2D eigenvalue weighted by Crippen LogP contribution is 2.23. The number of hydrogen-bond acceptors (Lipinski definition) is 3. The number of aliphatic hydroxyl groups is 1. The second-order valence-electron chi connectivity index (χ2n) is 9.85. The lowest BCUT2D eigenvalue weighted by Gasteiger charge is -2.18. The second-order valence-corrected chi connectivity index (χ2v) is 9.85. The molecule has 2 rings (SSSR count). The van der Waals surface area contributed by atoms with Crippen molar-refractivity contribution in [2.45, 2.75) is 116 Å². The first kappa shape index (κ1) is 29.4. The van der Waals surface area contributed by atoms with E-state index in [1.807, 2.05) is 30.3 Å². The van der Waals surface area contributed by atoms with Gasteiger partial charge in [-0.15, -0.1) is 0 Å². The van der Waals surface area contributed by atoms with Gasteiger partial charge in [-0.1, -0.05) is 127 Å². The highest BCUT2D eigenvalue weighted by atomic mass is 16.5. The molecule has 0 aliphatic rings. The lowest BCUT2D eigenvalue weighted by molar-refractivity contribution is -0.0228. The molecule has 0 aliphatic carbocycles. The summed E-state index contributed by atoms with van der Waals surface area (Å²) in [5.74, 6) is 0.936. The van der Waals surface area contributed by atoms with E-state index in [0.29, 0.717) is 13.2 Å². The predicted octanol–water partition coefficient (Wildman–Crippen LogP) is 8.45. The number of hydrogen-bond donors (Lipinski definition) is 1. The average Bonchev–Trinajstić information content (AvgIpc) is 2.90. The molecular formula is C32H50O3. The molecule has 0 bridgehead atoms. The molecule has 35 heavy (non-hydrogen) atoms. The third-order valence-electron chi connectivity index (χ3n) is 6.79. The van der Waals surface area contributed by atoms with Crippen LogP contribution in [0.5, 0.6) is 5.75 Å². The molecule has 1 N–H and O–H groups in total.